The second-order valence-electron chi connectivity index (χ2n) is 6.74. The zero-order valence-corrected chi connectivity index (χ0v) is 17.9. The second-order valence-corrected chi connectivity index (χ2v) is 9.85. The number of hydrogen-bond acceptors (Lipinski definition) is 5. The van der Waals surface area contributed by atoms with Crippen molar-refractivity contribution < 1.29 is 18.0 Å². The molecule has 0 unspecified atom stereocenters. The lowest BCUT2D eigenvalue weighted by atomic mass is 10.0. The van der Waals surface area contributed by atoms with Gasteiger partial charge in [-0.15, -0.1) is 11.3 Å². The number of hydrogen-bond donors (Lipinski definition) is 2. The van der Waals surface area contributed by atoms with Crippen LogP contribution in [0.5, 0.6) is 0 Å². The van der Waals surface area contributed by atoms with Crippen LogP contribution in [0.4, 0.5) is 0 Å². The molecule has 2 aromatic rings. The van der Waals surface area contributed by atoms with Gasteiger partial charge in [-0.05, 0) is 41.5 Å². The maximum atomic E-state index is 13.2. The summed E-state index contributed by atoms with van der Waals surface area (Å²) in [7, 11) is -3.74. The van der Waals surface area contributed by atoms with Crippen LogP contribution >= 0.6 is 11.3 Å². The van der Waals surface area contributed by atoms with Crippen molar-refractivity contribution in [1.82, 2.24) is 10.6 Å². The zero-order valence-electron chi connectivity index (χ0n) is 16.3. The Bertz CT molecular complexity index is 889. The smallest absolute Gasteiger partial charge is 0.309 e. The van der Waals surface area contributed by atoms with Crippen LogP contribution in [0.1, 0.15) is 48.8 Å². The molecule has 0 bridgehead atoms. The van der Waals surface area contributed by atoms with Gasteiger partial charge < -0.3 is 10.6 Å². The summed E-state index contributed by atoms with van der Waals surface area (Å²) < 4.78 is 26.4. The van der Waals surface area contributed by atoms with Crippen molar-refractivity contribution in [2.24, 2.45) is 0 Å². The number of rotatable bonds is 8. The number of nitrogens with one attached hydrogen (secondary N) is 2. The monoisotopic (exact) mass is 422 g/mol. The summed E-state index contributed by atoms with van der Waals surface area (Å²) >= 11 is 1.30. The molecule has 152 valence electrons. The first-order valence-corrected chi connectivity index (χ1v) is 11.6. The van der Waals surface area contributed by atoms with E-state index in [0.29, 0.717) is 23.8 Å². The summed E-state index contributed by atoms with van der Waals surface area (Å²) in [6.45, 7) is 6.17. The molecule has 0 spiro atoms. The van der Waals surface area contributed by atoms with Crippen LogP contribution in [0.3, 0.4) is 0 Å². The third-order valence-corrected chi connectivity index (χ3v) is 7.53. The normalized spacial score (nSPS) is 12.6. The summed E-state index contributed by atoms with van der Waals surface area (Å²) in [5.74, 6) is -1.29. The minimum absolute atomic E-state index is 0.173. The minimum Gasteiger partial charge on any atom is -0.348 e. The first-order valence-electron chi connectivity index (χ1n) is 9.20. The quantitative estimate of drug-likeness (QED) is 0.640. The molecule has 0 radical (unpaired) electrons. The van der Waals surface area contributed by atoms with Gasteiger partial charge in [0, 0.05) is 18.0 Å². The van der Waals surface area contributed by atoms with E-state index >= 15 is 0 Å². The molecule has 6 nitrogen and oxygen atoms in total. The molecule has 2 rings (SSSR count). The van der Waals surface area contributed by atoms with E-state index in [-0.39, 0.29) is 11.4 Å². The van der Waals surface area contributed by atoms with Gasteiger partial charge in [-0.2, -0.15) is 0 Å². The van der Waals surface area contributed by atoms with E-state index in [1.54, 1.807) is 41.8 Å². The molecule has 0 aliphatic rings. The Morgan fingerprint density at radius 2 is 1.68 bits per heavy atom. The molecule has 0 aliphatic heterocycles. The van der Waals surface area contributed by atoms with Crippen molar-refractivity contribution >= 4 is 33.0 Å². The largest absolute Gasteiger partial charge is 0.348 e. The maximum Gasteiger partial charge on any atom is 0.309 e. The minimum atomic E-state index is -3.74. The molecule has 0 fully saturated rings. The Labute approximate surface area is 170 Å². The molecule has 8 heteroatoms. The highest BCUT2D eigenvalue weighted by Crippen LogP contribution is 2.32. The lowest BCUT2D eigenvalue weighted by Crippen LogP contribution is -2.42. The van der Waals surface area contributed by atoms with E-state index in [4.69, 9.17) is 0 Å². The van der Waals surface area contributed by atoms with Crippen molar-refractivity contribution in [3.63, 3.8) is 0 Å². The predicted octanol–water partition coefficient (Wildman–Crippen LogP) is 3.03. The van der Waals surface area contributed by atoms with Gasteiger partial charge in [0.15, 0.2) is 9.84 Å². The summed E-state index contributed by atoms with van der Waals surface area (Å²) in [4.78, 5) is 24.6. The van der Waals surface area contributed by atoms with E-state index in [9.17, 15) is 18.0 Å². The summed E-state index contributed by atoms with van der Waals surface area (Å²) in [5, 5.41) is 5.77. The molecule has 1 aromatic carbocycles. The molecule has 0 saturated heterocycles. The zero-order chi connectivity index (χ0) is 20.7. The van der Waals surface area contributed by atoms with Gasteiger partial charge in [-0.3, -0.25) is 9.59 Å². The Morgan fingerprint density at radius 3 is 2.21 bits per heavy atom. The summed E-state index contributed by atoms with van der Waals surface area (Å²) in [6.07, 6.45) is 0.706. The van der Waals surface area contributed by atoms with Crippen LogP contribution in [0.25, 0.3) is 0 Å². The Kier molecular flexibility index (Phi) is 7.77. The van der Waals surface area contributed by atoms with Crippen molar-refractivity contribution in [2.45, 2.75) is 43.3 Å². The Morgan fingerprint density at radius 1 is 1.04 bits per heavy atom. The molecule has 1 atom stereocenters. The molecule has 1 aromatic heterocycles. The first-order chi connectivity index (χ1) is 13.3. The van der Waals surface area contributed by atoms with Crippen LogP contribution in [0.15, 0.2) is 46.7 Å². The predicted molar refractivity (Wildman–Crippen MR) is 111 cm³/mol. The molecule has 2 amide bonds. The van der Waals surface area contributed by atoms with Gasteiger partial charge in [0.1, 0.15) is 5.25 Å². The number of amides is 2. The van der Waals surface area contributed by atoms with E-state index < -0.39 is 26.9 Å². The molecule has 0 aliphatic carbocycles. The van der Waals surface area contributed by atoms with Crippen LogP contribution in [0, 0.1) is 0 Å². The van der Waals surface area contributed by atoms with Crippen LogP contribution in [0.2, 0.25) is 0 Å². The van der Waals surface area contributed by atoms with E-state index in [1.165, 1.54) is 11.3 Å². The maximum absolute atomic E-state index is 13.2. The van der Waals surface area contributed by atoms with Crippen LogP contribution in [-0.4, -0.2) is 33.3 Å². The number of thiophene rings is 1. The highest BCUT2D eigenvalue weighted by Gasteiger charge is 2.31. The third kappa shape index (κ3) is 5.42. The molecule has 2 N–H and O–H groups in total. The Hall–Kier alpha value is -2.19. The van der Waals surface area contributed by atoms with E-state index in [0.717, 1.165) is 5.56 Å². The van der Waals surface area contributed by atoms with Crippen molar-refractivity contribution in [1.29, 1.82) is 0 Å². The molecule has 0 saturated carbocycles. The van der Waals surface area contributed by atoms with Crippen molar-refractivity contribution in [3.05, 3.63) is 52.2 Å². The fourth-order valence-corrected chi connectivity index (χ4v) is 5.41. The highest BCUT2D eigenvalue weighted by atomic mass is 32.2. The van der Waals surface area contributed by atoms with Gasteiger partial charge in [0.2, 0.25) is 0 Å². The van der Waals surface area contributed by atoms with Gasteiger partial charge >= 0.3 is 11.8 Å². The topological polar surface area (TPSA) is 92.3 Å². The average molecular weight is 423 g/mol. The van der Waals surface area contributed by atoms with Crippen molar-refractivity contribution in [3.8, 4) is 0 Å². The number of carbonyl (C=O) groups excluding carboxylic acids is 2. The molecule has 1 heterocycles. The number of sulfone groups is 1. The number of carbonyl (C=O) groups is 2. The van der Waals surface area contributed by atoms with Gasteiger partial charge in [-0.1, -0.05) is 39.0 Å². The lowest BCUT2D eigenvalue weighted by molar-refractivity contribution is -0.139. The van der Waals surface area contributed by atoms with Gasteiger partial charge in [0.25, 0.3) is 0 Å². The van der Waals surface area contributed by atoms with E-state index in [1.807, 2.05) is 20.8 Å². The molecule has 28 heavy (non-hydrogen) atoms. The second kappa shape index (κ2) is 9.84. The molecular formula is C20H26N2O4S2. The van der Waals surface area contributed by atoms with Gasteiger partial charge in [-0.25, -0.2) is 8.42 Å². The fraction of sp³-hybridized carbons (Fsp3) is 0.400. The SMILES string of the molecule is CCCNC(=O)C(=O)NC[C@H](c1cccs1)S(=O)(=O)c1ccc(C(C)C)cc1. The fourth-order valence-electron chi connectivity index (χ4n) is 2.63. The van der Waals surface area contributed by atoms with Gasteiger partial charge in [0.05, 0.1) is 4.90 Å². The first kappa shape index (κ1) is 22.1. The van der Waals surface area contributed by atoms with Crippen LogP contribution < -0.4 is 10.6 Å². The summed E-state index contributed by atoms with van der Waals surface area (Å²) in [5.41, 5.74) is 1.05. The number of benzene rings is 1. The molecular weight excluding hydrogens is 396 g/mol. The van der Waals surface area contributed by atoms with E-state index in [2.05, 4.69) is 10.6 Å². The van der Waals surface area contributed by atoms with Crippen LogP contribution in [-0.2, 0) is 19.4 Å². The lowest BCUT2D eigenvalue weighted by Gasteiger charge is -2.18. The Balaban J connectivity index is 2.23. The van der Waals surface area contributed by atoms with Crippen molar-refractivity contribution in [2.75, 3.05) is 13.1 Å². The third-order valence-electron chi connectivity index (χ3n) is 4.30. The average Bonchev–Trinajstić information content (AvgIpc) is 3.20. The summed E-state index contributed by atoms with van der Waals surface area (Å²) in [6, 6.07) is 10.3. The standard InChI is InChI=1S/C20H26N2O4S2/c1-4-11-21-19(23)20(24)22-13-18(17-6-5-12-27-17)28(25,26)16-9-7-15(8-10-16)14(2)3/h5-10,12,14,18H,4,11,13H2,1-3H3,(H,21,23)(H,22,24)/t18-/m1/s1. The highest BCUT2D eigenvalue weighted by molar-refractivity contribution is 7.91.